The van der Waals surface area contributed by atoms with Gasteiger partial charge in [0.05, 0.1) is 0 Å². The molecule has 0 bridgehead atoms. The summed E-state index contributed by atoms with van der Waals surface area (Å²) in [6.07, 6.45) is 3.26. The Balaban J connectivity index is 2.18. The first kappa shape index (κ1) is 17.8. The van der Waals surface area contributed by atoms with Crippen LogP contribution in [-0.2, 0) is 11.8 Å². The van der Waals surface area contributed by atoms with Crippen LogP contribution in [0.5, 0.6) is 0 Å². The number of nitrogens with two attached hydrogens (primary N) is 1. The summed E-state index contributed by atoms with van der Waals surface area (Å²) in [7, 11) is 0. The van der Waals surface area contributed by atoms with E-state index in [0.717, 1.165) is 25.8 Å². The average Bonchev–Trinajstić information content (AvgIpc) is 2.92. The van der Waals surface area contributed by atoms with Crippen molar-refractivity contribution >= 4 is 10.9 Å². The van der Waals surface area contributed by atoms with E-state index >= 15 is 0 Å². The molecule has 2 nitrogen and oxygen atoms in total. The smallest absolute Gasteiger partial charge is 0.0500 e. The van der Waals surface area contributed by atoms with Gasteiger partial charge in [-0.25, -0.2) is 0 Å². The summed E-state index contributed by atoms with van der Waals surface area (Å²) in [6, 6.07) is 15.5. The van der Waals surface area contributed by atoms with Gasteiger partial charge in [-0.3, -0.25) is 0 Å². The predicted molar refractivity (Wildman–Crippen MR) is 109 cm³/mol. The van der Waals surface area contributed by atoms with Crippen LogP contribution >= 0.6 is 0 Å². The minimum Gasteiger partial charge on any atom is -0.354 e. The number of aromatic nitrogens is 1. The topological polar surface area (TPSA) is 41.8 Å². The van der Waals surface area contributed by atoms with Crippen molar-refractivity contribution in [3.8, 4) is 11.3 Å². The maximum atomic E-state index is 5.73. The van der Waals surface area contributed by atoms with E-state index in [2.05, 4.69) is 75.1 Å². The summed E-state index contributed by atoms with van der Waals surface area (Å²) in [4.78, 5) is 3.70. The average molecular weight is 335 g/mol. The van der Waals surface area contributed by atoms with Crippen molar-refractivity contribution < 1.29 is 0 Å². The molecule has 1 heterocycles. The van der Waals surface area contributed by atoms with Crippen LogP contribution in [0.3, 0.4) is 0 Å². The van der Waals surface area contributed by atoms with E-state index in [4.69, 9.17) is 5.73 Å². The summed E-state index contributed by atoms with van der Waals surface area (Å²) in [5.74, 6) is 0. The van der Waals surface area contributed by atoms with Crippen LogP contribution < -0.4 is 5.73 Å². The van der Waals surface area contributed by atoms with Crippen LogP contribution in [0, 0.1) is 6.92 Å². The first-order chi connectivity index (χ1) is 11.9. The molecule has 3 rings (SSSR count). The van der Waals surface area contributed by atoms with E-state index in [1.54, 1.807) is 0 Å². The first-order valence-electron chi connectivity index (χ1n) is 9.33. The SMILES string of the molecule is Cc1ccccc1-c1[nH]c2ccc(C(C)(C)C)cc2c1CCCCN. The number of rotatable bonds is 5. The molecule has 0 aliphatic carbocycles. The maximum absolute atomic E-state index is 5.73. The van der Waals surface area contributed by atoms with Crippen LogP contribution in [0.25, 0.3) is 22.2 Å². The molecular weight excluding hydrogens is 304 g/mol. The van der Waals surface area contributed by atoms with E-state index in [-0.39, 0.29) is 5.41 Å². The molecular formula is C23H30N2. The summed E-state index contributed by atoms with van der Waals surface area (Å²) in [5, 5.41) is 1.36. The van der Waals surface area contributed by atoms with Gasteiger partial charge in [-0.2, -0.15) is 0 Å². The Labute approximate surface area is 151 Å². The summed E-state index contributed by atoms with van der Waals surface area (Å²) in [6.45, 7) is 9.77. The Morgan fingerprint density at radius 2 is 1.76 bits per heavy atom. The third-order valence-corrected chi connectivity index (χ3v) is 5.07. The largest absolute Gasteiger partial charge is 0.354 e. The number of benzene rings is 2. The molecule has 0 aliphatic rings. The molecule has 0 aliphatic heterocycles. The first-order valence-corrected chi connectivity index (χ1v) is 9.33. The Kier molecular flexibility index (Phi) is 5.01. The lowest BCUT2D eigenvalue weighted by atomic mass is 9.86. The van der Waals surface area contributed by atoms with Gasteiger partial charge in [0.1, 0.15) is 0 Å². The van der Waals surface area contributed by atoms with Crippen LogP contribution in [0.4, 0.5) is 0 Å². The molecule has 25 heavy (non-hydrogen) atoms. The molecule has 2 heteroatoms. The van der Waals surface area contributed by atoms with Crippen molar-refractivity contribution in [3.63, 3.8) is 0 Å². The predicted octanol–water partition coefficient (Wildman–Crippen LogP) is 5.72. The number of H-pyrrole nitrogens is 1. The number of hydrogen-bond donors (Lipinski definition) is 2. The highest BCUT2D eigenvalue weighted by atomic mass is 14.7. The lowest BCUT2D eigenvalue weighted by Gasteiger charge is -2.19. The molecule has 0 atom stereocenters. The lowest BCUT2D eigenvalue weighted by molar-refractivity contribution is 0.591. The molecule has 0 amide bonds. The second-order valence-corrected chi connectivity index (χ2v) is 8.05. The van der Waals surface area contributed by atoms with Crippen molar-refractivity contribution in [2.75, 3.05) is 6.54 Å². The fraction of sp³-hybridized carbons (Fsp3) is 0.391. The molecule has 0 radical (unpaired) electrons. The van der Waals surface area contributed by atoms with Gasteiger partial charge in [0, 0.05) is 22.2 Å². The van der Waals surface area contributed by atoms with Gasteiger partial charge in [0.25, 0.3) is 0 Å². The number of fused-ring (bicyclic) bond motifs is 1. The molecule has 3 aromatic rings. The standard InChI is InChI=1S/C23H30N2/c1-16-9-5-6-10-18(16)22-19(11-7-8-14-24)20-15-17(23(2,3)4)12-13-21(20)25-22/h5-6,9-10,12-13,15,25H,7-8,11,14,24H2,1-4H3. The van der Waals surface area contributed by atoms with Gasteiger partial charge in [-0.05, 0) is 67.0 Å². The van der Waals surface area contributed by atoms with E-state index in [1.807, 2.05) is 0 Å². The molecule has 1 aromatic heterocycles. The van der Waals surface area contributed by atoms with Gasteiger partial charge in [0.15, 0.2) is 0 Å². The molecule has 3 N–H and O–H groups in total. The van der Waals surface area contributed by atoms with Gasteiger partial charge in [-0.1, -0.05) is 51.1 Å². The normalized spacial score (nSPS) is 12.0. The van der Waals surface area contributed by atoms with Crippen molar-refractivity contribution in [1.82, 2.24) is 4.98 Å². The third kappa shape index (κ3) is 3.64. The number of nitrogens with one attached hydrogen (secondary N) is 1. The van der Waals surface area contributed by atoms with Gasteiger partial charge in [0.2, 0.25) is 0 Å². The van der Waals surface area contributed by atoms with E-state index in [0.29, 0.717) is 0 Å². The lowest BCUT2D eigenvalue weighted by Crippen LogP contribution is -2.10. The van der Waals surface area contributed by atoms with Crippen molar-refractivity contribution in [2.45, 2.75) is 52.4 Å². The van der Waals surface area contributed by atoms with Crippen LogP contribution in [0.1, 0.15) is 50.3 Å². The van der Waals surface area contributed by atoms with Gasteiger partial charge < -0.3 is 10.7 Å². The van der Waals surface area contributed by atoms with Crippen molar-refractivity contribution in [1.29, 1.82) is 0 Å². The van der Waals surface area contributed by atoms with Crippen molar-refractivity contribution in [3.05, 3.63) is 59.2 Å². The number of hydrogen-bond acceptors (Lipinski definition) is 1. The summed E-state index contributed by atoms with van der Waals surface area (Å²) < 4.78 is 0. The number of aromatic amines is 1. The van der Waals surface area contributed by atoms with Crippen LogP contribution in [-0.4, -0.2) is 11.5 Å². The summed E-state index contributed by atoms with van der Waals surface area (Å²) in [5.41, 5.74) is 13.8. The molecule has 2 aromatic carbocycles. The number of unbranched alkanes of at least 4 members (excludes halogenated alkanes) is 1. The molecule has 0 spiro atoms. The molecule has 0 saturated heterocycles. The highest BCUT2D eigenvalue weighted by Gasteiger charge is 2.18. The third-order valence-electron chi connectivity index (χ3n) is 5.07. The minimum atomic E-state index is 0.156. The Morgan fingerprint density at radius 3 is 2.44 bits per heavy atom. The molecule has 0 fully saturated rings. The zero-order chi connectivity index (χ0) is 18.0. The second kappa shape index (κ2) is 7.05. The van der Waals surface area contributed by atoms with E-state index in [1.165, 1.54) is 38.9 Å². The fourth-order valence-electron chi connectivity index (χ4n) is 3.50. The second-order valence-electron chi connectivity index (χ2n) is 8.05. The van der Waals surface area contributed by atoms with Crippen molar-refractivity contribution in [2.24, 2.45) is 5.73 Å². The zero-order valence-corrected chi connectivity index (χ0v) is 15.9. The van der Waals surface area contributed by atoms with Crippen LogP contribution in [0.2, 0.25) is 0 Å². The highest BCUT2D eigenvalue weighted by Crippen LogP contribution is 2.35. The Morgan fingerprint density at radius 1 is 1.00 bits per heavy atom. The molecule has 132 valence electrons. The quantitative estimate of drug-likeness (QED) is 0.575. The monoisotopic (exact) mass is 334 g/mol. The van der Waals surface area contributed by atoms with E-state index < -0.39 is 0 Å². The maximum Gasteiger partial charge on any atom is 0.0500 e. The Bertz CT molecular complexity index is 865. The summed E-state index contributed by atoms with van der Waals surface area (Å²) >= 11 is 0. The van der Waals surface area contributed by atoms with Gasteiger partial charge in [-0.15, -0.1) is 0 Å². The minimum absolute atomic E-state index is 0.156. The Hall–Kier alpha value is -2.06. The van der Waals surface area contributed by atoms with Gasteiger partial charge >= 0.3 is 0 Å². The van der Waals surface area contributed by atoms with E-state index in [9.17, 15) is 0 Å². The fourth-order valence-corrected chi connectivity index (χ4v) is 3.50. The molecule has 0 saturated carbocycles. The molecule has 0 unspecified atom stereocenters. The zero-order valence-electron chi connectivity index (χ0n) is 15.9. The van der Waals surface area contributed by atoms with Crippen LogP contribution in [0.15, 0.2) is 42.5 Å². The highest BCUT2D eigenvalue weighted by molar-refractivity contribution is 5.92. The number of aryl methyl sites for hydroxylation is 2.